The van der Waals surface area contributed by atoms with Gasteiger partial charge < -0.3 is 19.8 Å². The van der Waals surface area contributed by atoms with Gasteiger partial charge in [-0.2, -0.15) is 0 Å². The molecule has 0 bridgehead atoms. The Balaban J connectivity index is 0.952. The smallest absolute Gasteiger partial charge is 0.245 e. The van der Waals surface area contributed by atoms with Crippen molar-refractivity contribution in [3.8, 4) is 33.6 Å². The van der Waals surface area contributed by atoms with Crippen molar-refractivity contribution in [2.75, 3.05) is 26.2 Å². The molecule has 3 atom stereocenters. The van der Waals surface area contributed by atoms with Gasteiger partial charge in [-0.3, -0.25) is 14.5 Å². The van der Waals surface area contributed by atoms with Crippen molar-refractivity contribution in [1.82, 2.24) is 34.6 Å². The second-order valence-corrected chi connectivity index (χ2v) is 14.8. The summed E-state index contributed by atoms with van der Waals surface area (Å²) < 4.78 is 15.6. The Labute approximate surface area is 310 Å². The number of hydrogen-bond acceptors (Lipinski definition) is 5. The van der Waals surface area contributed by atoms with Crippen LogP contribution in [0, 0.1) is 11.7 Å². The fourth-order valence-electron chi connectivity index (χ4n) is 8.29. The normalized spacial score (nSPS) is 19.3. The fraction of sp³-hybridized carbons (Fsp3) is 0.395. The van der Waals surface area contributed by atoms with Gasteiger partial charge >= 0.3 is 0 Å². The number of aromatic amines is 2. The average molecular weight is 714 g/mol. The lowest BCUT2D eigenvalue weighted by molar-refractivity contribution is -0.138. The number of likely N-dealkylation sites (tertiary alicyclic amines) is 2. The highest BCUT2D eigenvalue weighted by Gasteiger charge is 2.38. The lowest BCUT2D eigenvalue weighted by Gasteiger charge is -2.34. The van der Waals surface area contributed by atoms with Crippen molar-refractivity contribution < 1.29 is 14.0 Å². The minimum Gasteiger partial charge on any atom is -0.340 e. The van der Waals surface area contributed by atoms with Crippen LogP contribution in [0.3, 0.4) is 0 Å². The number of nitrogens with one attached hydrogen (secondary N) is 2. The van der Waals surface area contributed by atoms with Gasteiger partial charge in [-0.25, -0.2) is 14.4 Å². The summed E-state index contributed by atoms with van der Waals surface area (Å²) in [5.41, 5.74) is 5.60. The highest BCUT2D eigenvalue weighted by molar-refractivity contribution is 5.84. The van der Waals surface area contributed by atoms with Crippen molar-refractivity contribution in [3.05, 3.63) is 108 Å². The van der Waals surface area contributed by atoms with E-state index in [2.05, 4.69) is 33.7 Å². The second kappa shape index (κ2) is 15.1. The third kappa shape index (κ3) is 7.17. The number of carbonyl (C=O) groups is 2. The first-order valence-electron chi connectivity index (χ1n) is 19.3. The molecule has 1 aliphatic carbocycles. The molecular formula is C43H48FN7O2. The maximum absolute atomic E-state index is 15.6. The topological polar surface area (TPSA) is 101 Å². The summed E-state index contributed by atoms with van der Waals surface area (Å²) in [5.74, 6) is 2.06. The highest BCUT2D eigenvalue weighted by atomic mass is 19.1. The summed E-state index contributed by atoms with van der Waals surface area (Å²) in [4.78, 5) is 49.4. The van der Waals surface area contributed by atoms with Crippen LogP contribution in [0.4, 0.5) is 4.39 Å². The summed E-state index contributed by atoms with van der Waals surface area (Å²) in [6.07, 6.45) is 10.0. The molecule has 0 radical (unpaired) electrons. The van der Waals surface area contributed by atoms with Gasteiger partial charge in [0, 0.05) is 25.1 Å². The molecule has 4 heterocycles. The zero-order valence-corrected chi connectivity index (χ0v) is 30.6. The monoisotopic (exact) mass is 713 g/mol. The molecule has 3 aromatic carbocycles. The first-order chi connectivity index (χ1) is 25.9. The molecule has 2 aromatic heterocycles. The van der Waals surface area contributed by atoms with Gasteiger partial charge in [0.1, 0.15) is 23.5 Å². The van der Waals surface area contributed by atoms with Crippen LogP contribution >= 0.6 is 0 Å². The number of aromatic nitrogens is 4. The maximum Gasteiger partial charge on any atom is 0.245 e. The molecule has 5 aromatic rings. The molecule has 8 rings (SSSR count). The van der Waals surface area contributed by atoms with E-state index < -0.39 is 0 Å². The number of halogens is 1. The molecule has 2 aliphatic heterocycles. The van der Waals surface area contributed by atoms with Crippen molar-refractivity contribution in [3.63, 3.8) is 0 Å². The number of rotatable bonds is 12. The zero-order valence-electron chi connectivity index (χ0n) is 30.6. The van der Waals surface area contributed by atoms with E-state index in [9.17, 15) is 9.59 Å². The maximum atomic E-state index is 15.6. The molecular weight excluding hydrogens is 666 g/mol. The van der Waals surface area contributed by atoms with E-state index in [1.807, 2.05) is 76.7 Å². The summed E-state index contributed by atoms with van der Waals surface area (Å²) in [5, 5.41) is 0. The molecule has 2 saturated heterocycles. The number of imidazole rings is 2. The number of benzene rings is 3. The van der Waals surface area contributed by atoms with Crippen LogP contribution in [-0.2, 0) is 9.59 Å². The van der Waals surface area contributed by atoms with Gasteiger partial charge in [-0.1, -0.05) is 74.5 Å². The summed E-state index contributed by atoms with van der Waals surface area (Å²) in [6, 6.07) is 22.8. The summed E-state index contributed by atoms with van der Waals surface area (Å²) >= 11 is 0. The van der Waals surface area contributed by atoms with Gasteiger partial charge in [0.15, 0.2) is 0 Å². The molecule has 3 aliphatic rings. The molecule has 2 N–H and O–H groups in total. The minimum absolute atomic E-state index is 0.0778. The number of nitrogens with zero attached hydrogens (tertiary/aromatic N) is 5. The third-order valence-corrected chi connectivity index (χ3v) is 11.4. The van der Waals surface area contributed by atoms with Crippen LogP contribution in [-0.4, -0.2) is 72.6 Å². The van der Waals surface area contributed by atoms with Crippen molar-refractivity contribution in [1.29, 1.82) is 0 Å². The Bertz CT molecular complexity index is 2050. The van der Waals surface area contributed by atoms with Gasteiger partial charge in [-0.15, -0.1) is 0 Å². The molecule has 2 amide bonds. The minimum atomic E-state index is -0.334. The van der Waals surface area contributed by atoms with E-state index >= 15 is 4.39 Å². The van der Waals surface area contributed by atoms with E-state index in [1.54, 1.807) is 18.3 Å². The molecule has 1 saturated carbocycles. The fourth-order valence-corrected chi connectivity index (χ4v) is 8.29. The van der Waals surface area contributed by atoms with E-state index in [4.69, 9.17) is 4.98 Å². The predicted octanol–water partition coefficient (Wildman–Crippen LogP) is 8.48. The van der Waals surface area contributed by atoms with Crippen molar-refractivity contribution in [2.45, 2.75) is 76.9 Å². The van der Waals surface area contributed by atoms with Crippen LogP contribution in [0.25, 0.3) is 33.6 Å². The lowest BCUT2D eigenvalue weighted by Crippen LogP contribution is -2.43. The van der Waals surface area contributed by atoms with E-state index in [0.717, 1.165) is 97.8 Å². The van der Waals surface area contributed by atoms with Gasteiger partial charge in [0.05, 0.1) is 35.9 Å². The van der Waals surface area contributed by atoms with Crippen LogP contribution < -0.4 is 0 Å². The van der Waals surface area contributed by atoms with Crippen LogP contribution in [0.2, 0.25) is 0 Å². The Kier molecular flexibility index (Phi) is 9.96. The van der Waals surface area contributed by atoms with Crippen molar-refractivity contribution in [2.24, 2.45) is 5.92 Å². The highest BCUT2D eigenvalue weighted by Crippen LogP contribution is 2.38. The average Bonchev–Trinajstić information content (AvgIpc) is 3.70. The number of amides is 2. The standard InChI is InChI=1S/C43H48FN7O2/c1-3-49(4-2)40(31-10-6-5-7-11-31)43(53)51-23-9-13-38(51)42-45-26-35(47-42)30-18-16-29(17-19-30)32-20-21-33(34(44)25-32)36-27-46-41(48-36)37-12-8-22-50(37)39(52)24-28-14-15-28/h5-7,10-11,16-21,25-28,37-38,40H,3-4,8-9,12-15,22-24H2,1-2H3,(H,45,47)(H,46,48)/t37-,38-,40+/m0/s1. The molecule has 9 nitrogen and oxygen atoms in total. The quantitative estimate of drug-likeness (QED) is 0.135. The second-order valence-electron chi connectivity index (χ2n) is 14.8. The summed E-state index contributed by atoms with van der Waals surface area (Å²) in [6.45, 7) is 7.23. The number of H-pyrrole nitrogens is 2. The first-order valence-corrected chi connectivity index (χ1v) is 19.3. The Morgan fingerprint density at radius 2 is 1.38 bits per heavy atom. The SMILES string of the molecule is CCN(CC)[C@@H](C(=O)N1CCC[C@H]1c1ncc(-c2ccc(-c3ccc(-c4cnc([C@@H]5CCCN5C(=O)CC5CC5)[nH]4)c(F)c3)cc2)[nH]1)c1ccccc1. The molecule has 0 spiro atoms. The van der Waals surface area contributed by atoms with Gasteiger partial charge in [-0.05, 0) is 91.9 Å². The zero-order chi connectivity index (χ0) is 36.5. The van der Waals surface area contributed by atoms with Crippen LogP contribution in [0.1, 0.15) is 94.1 Å². The Morgan fingerprint density at radius 3 is 2.04 bits per heavy atom. The number of hydrogen-bond donors (Lipinski definition) is 2. The third-order valence-electron chi connectivity index (χ3n) is 11.4. The molecule has 3 fully saturated rings. The predicted molar refractivity (Wildman–Crippen MR) is 204 cm³/mol. The molecule has 274 valence electrons. The van der Waals surface area contributed by atoms with Crippen molar-refractivity contribution >= 4 is 11.8 Å². The van der Waals surface area contributed by atoms with Crippen LogP contribution in [0.5, 0.6) is 0 Å². The van der Waals surface area contributed by atoms with E-state index in [1.165, 1.54) is 0 Å². The molecule has 53 heavy (non-hydrogen) atoms. The van der Waals surface area contributed by atoms with Crippen LogP contribution in [0.15, 0.2) is 85.2 Å². The Hall–Kier alpha value is -5.09. The summed E-state index contributed by atoms with van der Waals surface area (Å²) in [7, 11) is 0. The largest absolute Gasteiger partial charge is 0.340 e. The van der Waals surface area contributed by atoms with E-state index in [0.29, 0.717) is 30.1 Å². The van der Waals surface area contributed by atoms with Gasteiger partial charge in [0.2, 0.25) is 11.8 Å². The Morgan fingerprint density at radius 1 is 0.774 bits per heavy atom. The van der Waals surface area contributed by atoms with Gasteiger partial charge in [0.25, 0.3) is 0 Å². The number of likely N-dealkylation sites (N-methyl/N-ethyl adjacent to an activating group) is 1. The number of carbonyl (C=O) groups excluding carboxylic acids is 2. The molecule has 0 unspecified atom stereocenters. The van der Waals surface area contributed by atoms with E-state index in [-0.39, 0.29) is 35.8 Å². The first kappa shape index (κ1) is 35.0. The lowest BCUT2D eigenvalue weighted by atomic mass is 10.0. The molecule has 10 heteroatoms.